The quantitative estimate of drug-likeness (QED) is 0.652. The van der Waals surface area contributed by atoms with Crippen molar-refractivity contribution in [2.45, 2.75) is 32.4 Å². The van der Waals surface area contributed by atoms with Gasteiger partial charge in [-0.25, -0.2) is 9.98 Å². The molecule has 6 nitrogen and oxygen atoms in total. The maximum absolute atomic E-state index is 5.64. The third-order valence-corrected chi connectivity index (χ3v) is 4.12. The fraction of sp³-hybridized carbons (Fsp3) is 0.529. The van der Waals surface area contributed by atoms with Gasteiger partial charge >= 0.3 is 0 Å². The number of fused-ring (bicyclic) bond motifs is 1. The van der Waals surface area contributed by atoms with Gasteiger partial charge in [0.05, 0.1) is 17.1 Å². The van der Waals surface area contributed by atoms with Gasteiger partial charge in [0.1, 0.15) is 12.4 Å². The highest BCUT2D eigenvalue weighted by atomic mass is 16.5. The molecular weight excluding hydrogens is 290 g/mol. The lowest BCUT2D eigenvalue weighted by molar-refractivity contribution is 0.114. The van der Waals surface area contributed by atoms with Crippen molar-refractivity contribution >= 4 is 17.0 Å². The van der Waals surface area contributed by atoms with Crippen LogP contribution in [0.3, 0.4) is 0 Å². The average molecular weight is 315 g/mol. The minimum absolute atomic E-state index is 0.301. The number of benzene rings is 1. The lowest BCUT2D eigenvalue weighted by Crippen LogP contribution is -2.41. The van der Waals surface area contributed by atoms with Crippen LogP contribution in [0, 0.1) is 0 Å². The molecule has 0 bridgehead atoms. The van der Waals surface area contributed by atoms with Crippen LogP contribution < -0.4 is 10.6 Å². The van der Waals surface area contributed by atoms with Crippen LogP contribution in [0.5, 0.6) is 0 Å². The second-order valence-corrected chi connectivity index (χ2v) is 5.79. The molecule has 1 aromatic heterocycles. The molecule has 2 heterocycles. The smallest absolute Gasteiger partial charge is 0.191 e. The zero-order valence-electron chi connectivity index (χ0n) is 13.9. The molecule has 6 heteroatoms. The van der Waals surface area contributed by atoms with E-state index in [9.17, 15) is 0 Å². The van der Waals surface area contributed by atoms with Crippen molar-refractivity contribution in [3.05, 3.63) is 30.1 Å². The fourth-order valence-electron chi connectivity index (χ4n) is 2.84. The second kappa shape index (κ2) is 7.46. The Hall–Kier alpha value is -2.08. The first-order valence-corrected chi connectivity index (χ1v) is 8.32. The molecule has 1 unspecified atom stereocenters. The number of nitrogens with zero attached hydrogens (tertiary/aromatic N) is 3. The summed E-state index contributed by atoms with van der Waals surface area (Å²) in [7, 11) is 2.03. The number of para-hydroxylation sites is 2. The molecule has 0 amide bonds. The number of aliphatic imine (C=N–C) groups is 1. The summed E-state index contributed by atoms with van der Waals surface area (Å²) in [5.41, 5.74) is 2.15. The minimum atomic E-state index is 0.301. The number of imidazole rings is 1. The Morgan fingerprint density at radius 3 is 3.00 bits per heavy atom. The number of rotatable bonds is 5. The van der Waals surface area contributed by atoms with Gasteiger partial charge in [-0.1, -0.05) is 12.1 Å². The molecule has 2 N–H and O–H groups in total. The van der Waals surface area contributed by atoms with Gasteiger partial charge in [-0.3, -0.25) is 0 Å². The Kier molecular flexibility index (Phi) is 5.12. The Bertz CT molecular complexity index is 673. The van der Waals surface area contributed by atoms with Crippen molar-refractivity contribution in [1.82, 2.24) is 20.2 Å². The molecule has 1 aliphatic heterocycles. The van der Waals surface area contributed by atoms with Crippen LogP contribution in [-0.2, 0) is 18.3 Å². The maximum Gasteiger partial charge on any atom is 0.191 e. The van der Waals surface area contributed by atoms with Crippen molar-refractivity contribution in [3.63, 3.8) is 0 Å². The predicted octanol–water partition coefficient (Wildman–Crippen LogP) is 1.81. The van der Waals surface area contributed by atoms with Crippen molar-refractivity contribution < 1.29 is 4.74 Å². The third-order valence-electron chi connectivity index (χ3n) is 4.12. The number of guanidine groups is 1. The number of aryl methyl sites for hydroxylation is 1. The van der Waals surface area contributed by atoms with Gasteiger partial charge in [0.15, 0.2) is 5.96 Å². The molecule has 1 atom stereocenters. The van der Waals surface area contributed by atoms with Gasteiger partial charge in [0.2, 0.25) is 0 Å². The highest BCUT2D eigenvalue weighted by Gasteiger charge is 2.15. The first-order valence-electron chi connectivity index (χ1n) is 8.32. The van der Waals surface area contributed by atoms with Crippen LogP contribution in [0.2, 0.25) is 0 Å². The molecule has 124 valence electrons. The molecular formula is C17H25N5O. The summed E-state index contributed by atoms with van der Waals surface area (Å²) in [6, 6.07) is 8.15. The molecule has 0 aliphatic carbocycles. The second-order valence-electron chi connectivity index (χ2n) is 5.79. The van der Waals surface area contributed by atoms with Crippen molar-refractivity contribution in [2.75, 3.05) is 19.7 Å². The molecule has 0 spiro atoms. The summed E-state index contributed by atoms with van der Waals surface area (Å²) < 4.78 is 7.74. The largest absolute Gasteiger partial charge is 0.376 e. The first kappa shape index (κ1) is 15.8. The fourth-order valence-corrected chi connectivity index (χ4v) is 2.84. The van der Waals surface area contributed by atoms with Crippen LogP contribution in [0.1, 0.15) is 25.6 Å². The Morgan fingerprint density at radius 2 is 2.26 bits per heavy atom. The monoisotopic (exact) mass is 315 g/mol. The van der Waals surface area contributed by atoms with E-state index < -0.39 is 0 Å². The Balaban J connectivity index is 1.67. The third kappa shape index (κ3) is 3.82. The predicted molar refractivity (Wildman–Crippen MR) is 92.5 cm³/mol. The number of hydrogen-bond acceptors (Lipinski definition) is 3. The van der Waals surface area contributed by atoms with Crippen molar-refractivity contribution in [1.29, 1.82) is 0 Å². The van der Waals surface area contributed by atoms with Gasteiger partial charge < -0.3 is 19.9 Å². The van der Waals surface area contributed by atoms with E-state index in [2.05, 4.69) is 38.2 Å². The van der Waals surface area contributed by atoms with E-state index >= 15 is 0 Å². The maximum atomic E-state index is 5.64. The van der Waals surface area contributed by atoms with Crippen LogP contribution in [0.15, 0.2) is 29.3 Å². The van der Waals surface area contributed by atoms with E-state index in [1.807, 2.05) is 25.2 Å². The summed E-state index contributed by atoms with van der Waals surface area (Å²) in [5, 5.41) is 6.64. The molecule has 2 aromatic rings. The van der Waals surface area contributed by atoms with Crippen molar-refractivity contribution in [3.8, 4) is 0 Å². The van der Waals surface area contributed by atoms with Gasteiger partial charge in [-0.05, 0) is 31.9 Å². The van der Waals surface area contributed by atoms with Crippen LogP contribution in [0.4, 0.5) is 0 Å². The summed E-state index contributed by atoms with van der Waals surface area (Å²) in [5.74, 6) is 1.77. The van der Waals surface area contributed by atoms with Crippen molar-refractivity contribution in [2.24, 2.45) is 12.0 Å². The van der Waals surface area contributed by atoms with E-state index in [1.54, 1.807) is 0 Å². The Morgan fingerprint density at radius 1 is 1.39 bits per heavy atom. The lowest BCUT2D eigenvalue weighted by atomic mass is 10.2. The van der Waals surface area contributed by atoms with E-state index in [4.69, 9.17) is 4.74 Å². The summed E-state index contributed by atoms with van der Waals surface area (Å²) in [6.07, 6.45) is 2.58. The molecule has 1 fully saturated rings. The number of aromatic nitrogens is 2. The molecule has 3 rings (SSSR count). The molecule has 0 saturated carbocycles. The minimum Gasteiger partial charge on any atom is -0.376 e. The topological polar surface area (TPSA) is 63.5 Å². The molecule has 1 aromatic carbocycles. The zero-order chi connectivity index (χ0) is 16.1. The SMILES string of the molecule is CCNC(=NCc1nc2ccccc2n1C)NCC1CCCO1. The van der Waals surface area contributed by atoms with E-state index in [1.165, 1.54) is 0 Å². The van der Waals surface area contributed by atoms with E-state index in [0.29, 0.717) is 12.6 Å². The van der Waals surface area contributed by atoms with E-state index in [-0.39, 0.29) is 0 Å². The molecule has 0 radical (unpaired) electrons. The van der Waals surface area contributed by atoms with E-state index in [0.717, 1.165) is 55.4 Å². The summed E-state index contributed by atoms with van der Waals surface area (Å²) >= 11 is 0. The molecule has 23 heavy (non-hydrogen) atoms. The highest BCUT2D eigenvalue weighted by Crippen LogP contribution is 2.14. The van der Waals surface area contributed by atoms with Gasteiger partial charge in [0.25, 0.3) is 0 Å². The number of ether oxygens (including phenoxy) is 1. The average Bonchev–Trinajstić information content (AvgIpc) is 3.19. The lowest BCUT2D eigenvalue weighted by Gasteiger charge is -2.14. The standard InChI is InChI=1S/C17H25N5O/c1-3-18-17(19-11-13-7-6-10-23-13)20-12-16-21-14-8-4-5-9-15(14)22(16)2/h4-5,8-9,13H,3,6-7,10-12H2,1-2H3,(H2,18,19,20). The Labute approximate surface area is 137 Å². The van der Waals surface area contributed by atoms with Gasteiger partial charge in [-0.2, -0.15) is 0 Å². The number of hydrogen-bond donors (Lipinski definition) is 2. The van der Waals surface area contributed by atoms with Gasteiger partial charge in [-0.15, -0.1) is 0 Å². The molecule has 1 saturated heterocycles. The first-order chi connectivity index (χ1) is 11.3. The van der Waals surface area contributed by atoms with Crippen LogP contribution in [0.25, 0.3) is 11.0 Å². The summed E-state index contributed by atoms with van der Waals surface area (Å²) in [4.78, 5) is 9.31. The highest BCUT2D eigenvalue weighted by molar-refractivity contribution is 5.80. The van der Waals surface area contributed by atoms with Gasteiger partial charge in [0, 0.05) is 26.7 Å². The normalized spacial score (nSPS) is 18.5. The van der Waals surface area contributed by atoms with Crippen LogP contribution in [-0.4, -0.2) is 41.3 Å². The zero-order valence-corrected chi connectivity index (χ0v) is 13.9. The number of nitrogens with one attached hydrogen (secondary N) is 2. The van der Waals surface area contributed by atoms with Crippen LogP contribution >= 0.6 is 0 Å². The molecule has 1 aliphatic rings. The summed E-state index contributed by atoms with van der Waals surface area (Å²) in [6.45, 7) is 5.12.